The molecule has 0 bridgehead atoms. The van der Waals surface area contributed by atoms with Crippen LogP contribution in [0.5, 0.6) is 11.5 Å². The fourth-order valence-corrected chi connectivity index (χ4v) is 5.28. The molecule has 7 heteroatoms. The molecule has 0 N–H and O–H groups in total. The number of hydrogen-bond acceptors (Lipinski definition) is 6. The number of benzene rings is 3. The number of ether oxygens (including phenoxy) is 3. The van der Waals surface area contributed by atoms with E-state index in [2.05, 4.69) is 27.7 Å². The maximum absolute atomic E-state index is 12.1. The van der Waals surface area contributed by atoms with Gasteiger partial charge in [-0.15, -0.1) is 0 Å². The van der Waals surface area contributed by atoms with Crippen LogP contribution in [0.15, 0.2) is 72.8 Å². The summed E-state index contributed by atoms with van der Waals surface area (Å²) in [6.07, 6.45) is 2.33. The summed E-state index contributed by atoms with van der Waals surface area (Å²) in [6, 6.07) is 23.9. The van der Waals surface area contributed by atoms with E-state index < -0.39 is 0 Å². The molecule has 2 saturated heterocycles. The molecule has 2 aliphatic rings. The largest absolute Gasteiger partial charge is 0.465 e. The molecule has 1 unspecified atom stereocenters. The summed E-state index contributed by atoms with van der Waals surface area (Å²) in [5.74, 6) is 2.83. The highest BCUT2D eigenvalue weighted by Crippen LogP contribution is 2.32. The molecule has 0 aliphatic carbocycles. The summed E-state index contributed by atoms with van der Waals surface area (Å²) in [7, 11) is 1.41. The van der Waals surface area contributed by atoms with Crippen LogP contribution in [0.4, 0.5) is 0 Å². The number of likely N-dealkylation sites (tertiary alicyclic amines) is 1. The topological polar surface area (TPSA) is 65.8 Å². The van der Waals surface area contributed by atoms with Crippen LogP contribution in [0, 0.1) is 0 Å². The zero-order valence-electron chi connectivity index (χ0n) is 21.0. The SMILES string of the molecule is COC(=O)c1ccc2nc(CN3CCC(c4cccc(Oc5ccccc5)c4)C3)n(C[C@@H]3CCO3)c2c1. The van der Waals surface area contributed by atoms with Gasteiger partial charge in [-0.3, -0.25) is 4.90 Å². The first-order chi connectivity index (χ1) is 18.2. The molecule has 3 aromatic carbocycles. The van der Waals surface area contributed by atoms with Crippen molar-refractivity contribution in [3.63, 3.8) is 0 Å². The molecule has 7 nitrogen and oxygen atoms in total. The number of carbonyl (C=O) groups is 1. The van der Waals surface area contributed by atoms with Gasteiger partial charge in [0.2, 0.25) is 0 Å². The second kappa shape index (κ2) is 10.4. The fraction of sp³-hybridized carbons (Fsp3) is 0.333. The Balaban J connectivity index is 1.20. The number of rotatable bonds is 8. The first-order valence-electron chi connectivity index (χ1n) is 12.9. The molecule has 0 spiro atoms. The van der Waals surface area contributed by atoms with E-state index in [-0.39, 0.29) is 12.1 Å². The Bertz CT molecular complexity index is 1400. The molecule has 0 amide bonds. The summed E-state index contributed by atoms with van der Waals surface area (Å²) < 4.78 is 19.0. The normalized spacial score (nSPS) is 19.6. The molecule has 0 radical (unpaired) electrons. The van der Waals surface area contributed by atoms with Crippen molar-refractivity contribution >= 4 is 17.0 Å². The van der Waals surface area contributed by atoms with Crippen molar-refractivity contribution in [2.75, 3.05) is 26.8 Å². The maximum Gasteiger partial charge on any atom is 0.337 e. The number of carbonyl (C=O) groups excluding carboxylic acids is 1. The Labute approximate surface area is 216 Å². The van der Waals surface area contributed by atoms with Crippen molar-refractivity contribution in [2.24, 2.45) is 0 Å². The van der Waals surface area contributed by atoms with Crippen LogP contribution in [-0.4, -0.2) is 53.3 Å². The van der Waals surface area contributed by atoms with Gasteiger partial charge < -0.3 is 18.8 Å². The lowest BCUT2D eigenvalue weighted by atomic mass is 9.98. The predicted molar refractivity (Wildman–Crippen MR) is 141 cm³/mol. The average molecular weight is 498 g/mol. The minimum Gasteiger partial charge on any atom is -0.465 e. The van der Waals surface area contributed by atoms with E-state index in [1.54, 1.807) is 6.07 Å². The zero-order valence-corrected chi connectivity index (χ0v) is 21.0. The molecule has 2 aliphatic heterocycles. The van der Waals surface area contributed by atoms with Gasteiger partial charge in [0.05, 0.1) is 42.9 Å². The lowest BCUT2D eigenvalue weighted by Gasteiger charge is -2.28. The van der Waals surface area contributed by atoms with Crippen LogP contribution in [0.1, 0.15) is 40.5 Å². The minimum absolute atomic E-state index is 0.191. The third kappa shape index (κ3) is 5.10. The van der Waals surface area contributed by atoms with Gasteiger partial charge in [0, 0.05) is 13.2 Å². The molecule has 3 heterocycles. The summed E-state index contributed by atoms with van der Waals surface area (Å²) >= 11 is 0. The smallest absolute Gasteiger partial charge is 0.337 e. The van der Waals surface area contributed by atoms with Gasteiger partial charge in [0.25, 0.3) is 0 Å². The second-order valence-electron chi connectivity index (χ2n) is 9.82. The summed E-state index contributed by atoms with van der Waals surface area (Å²) in [5, 5.41) is 0. The molecular formula is C30H31N3O4. The van der Waals surface area contributed by atoms with Gasteiger partial charge in [0.15, 0.2) is 0 Å². The Morgan fingerprint density at radius 2 is 1.86 bits per heavy atom. The lowest BCUT2D eigenvalue weighted by molar-refractivity contribution is -0.0591. The third-order valence-electron chi connectivity index (χ3n) is 7.37. The quantitative estimate of drug-likeness (QED) is 0.304. The molecule has 37 heavy (non-hydrogen) atoms. The molecule has 1 aromatic heterocycles. The minimum atomic E-state index is -0.336. The second-order valence-corrected chi connectivity index (χ2v) is 9.82. The molecule has 0 saturated carbocycles. The van der Waals surface area contributed by atoms with Gasteiger partial charge in [-0.05, 0) is 73.3 Å². The Morgan fingerprint density at radius 3 is 2.65 bits per heavy atom. The van der Waals surface area contributed by atoms with Crippen LogP contribution in [0.25, 0.3) is 11.0 Å². The Morgan fingerprint density at radius 1 is 1.03 bits per heavy atom. The standard InChI is InChI=1S/C30H31N3O4/c1-35-30(34)22-10-11-27-28(17-22)33(19-26-13-15-36-26)29(31-27)20-32-14-12-23(18-32)21-6-5-9-25(16-21)37-24-7-3-2-4-8-24/h2-11,16-17,23,26H,12-15,18-20H2,1H3/t23?,26-/m0/s1. The number of aromatic nitrogens is 2. The van der Waals surface area contributed by atoms with Crippen molar-refractivity contribution in [2.45, 2.75) is 38.0 Å². The number of esters is 1. The summed E-state index contributed by atoms with van der Waals surface area (Å²) in [6.45, 7) is 4.27. The zero-order chi connectivity index (χ0) is 25.2. The monoisotopic (exact) mass is 497 g/mol. The Hall–Kier alpha value is -3.68. The molecule has 4 aromatic rings. The Kier molecular flexibility index (Phi) is 6.64. The van der Waals surface area contributed by atoms with Gasteiger partial charge in [-0.25, -0.2) is 9.78 Å². The van der Waals surface area contributed by atoms with Gasteiger partial charge in [-0.1, -0.05) is 30.3 Å². The van der Waals surface area contributed by atoms with Crippen molar-refractivity contribution in [1.82, 2.24) is 14.5 Å². The summed E-state index contributed by atoms with van der Waals surface area (Å²) in [4.78, 5) is 19.6. The van der Waals surface area contributed by atoms with Crippen LogP contribution in [0.2, 0.25) is 0 Å². The van der Waals surface area contributed by atoms with E-state index in [4.69, 9.17) is 19.2 Å². The average Bonchev–Trinajstić information content (AvgIpc) is 3.50. The van der Waals surface area contributed by atoms with E-state index in [0.717, 1.165) is 74.0 Å². The highest BCUT2D eigenvalue weighted by molar-refractivity contribution is 5.93. The molecule has 2 fully saturated rings. The van der Waals surface area contributed by atoms with Crippen molar-refractivity contribution in [1.29, 1.82) is 0 Å². The van der Waals surface area contributed by atoms with E-state index >= 15 is 0 Å². The molecule has 2 atom stereocenters. The number of para-hydroxylation sites is 1. The van der Waals surface area contributed by atoms with Crippen LogP contribution in [0.3, 0.4) is 0 Å². The highest BCUT2D eigenvalue weighted by Gasteiger charge is 2.27. The van der Waals surface area contributed by atoms with E-state index in [9.17, 15) is 4.79 Å². The van der Waals surface area contributed by atoms with Crippen LogP contribution < -0.4 is 4.74 Å². The van der Waals surface area contributed by atoms with Crippen molar-refractivity contribution < 1.29 is 19.0 Å². The van der Waals surface area contributed by atoms with E-state index in [0.29, 0.717) is 11.5 Å². The van der Waals surface area contributed by atoms with Gasteiger partial charge in [0.1, 0.15) is 17.3 Å². The highest BCUT2D eigenvalue weighted by atomic mass is 16.5. The molecule has 6 rings (SSSR count). The predicted octanol–water partition coefficient (Wildman–Crippen LogP) is 5.39. The first kappa shape index (κ1) is 23.7. The number of nitrogens with zero attached hydrogens (tertiary/aromatic N) is 3. The number of fused-ring (bicyclic) bond motifs is 1. The third-order valence-corrected chi connectivity index (χ3v) is 7.37. The molecular weight excluding hydrogens is 466 g/mol. The van der Waals surface area contributed by atoms with Crippen molar-refractivity contribution in [3.8, 4) is 11.5 Å². The van der Waals surface area contributed by atoms with Gasteiger partial charge >= 0.3 is 5.97 Å². The number of imidazole rings is 1. The number of methoxy groups -OCH3 is 1. The van der Waals surface area contributed by atoms with E-state index in [1.165, 1.54) is 12.7 Å². The lowest BCUT2D eigenvalue weighted by Crippen LogP contribution is -2.32. The number of hydrogen-bond donors (Lipinski definition) is 0. The maximum atomic E-state index is 12.1. The van der Waals surface area contributed by atoms with Gasteiger partial charge in [-0.2, -0.15) is 0 Å². The molecule has 190 valence electrons. The van der Waals surface area contributed by atoms with Crippen molar-refractivity contribution in [3.05, 3.63) is 89.7 Å². The summed E-state index contributed by atoms with van der Waals surface area (Å²) in [5.41, 5.74) is 3.68. The van der Waals surface area contributed by atoms with Crippen LogP contribution >= 0.6 is 0 Å². The van der Waals surface area contributed by atoms with E-state index in [1.807, 2.05) is 48.5 Å². The fourth-order valence-electron chi connectivity index (χ4n) is 5.28. The van der Waals surface area contributed by atoms with Crippen LogP contribution in [-0.2, 0) is 22.6 Å². The first-order valence-corrected chi connectivity index (χ1v) is 12.9.